The van der Waals surface area contributed by atoms with Crippen LogP contribution in [0.1, 0.15) is 45.7 Å². The molecule has 0 radical (unpaired) electrons. The van der Waals surface area contributed by atoms with Gasteiger partial charge in [0.15, 0.2) is 0 Å². The van der Waals surface area contributed by atoms with Crippen LogP contribution in [-0.4, -0.2) is 24.6 Å². The second-order valence-corrected chi connectivity index (χ2v) is 5.53. The fourth-order valence-electron chi connectivity index (χ4n) is 2.09. The number of aromatic nitrogens is 1. The van der Waals surface area contributed by atoms with E-state index in [-0.39, 0.29) is 0 Å². The van der Waals surface area contributed by atoms with E-state index in [1.807, 2.05) is 19.2 Å². The quantitative estimate of drug-likeness (QED) is 0.734. The third-order valence-corrected chi connectivity index (χ3v) is 3.51. The molecule has 1 N–H and O–H groups in total. The lowest BCUT2D eigenvalue weighted by atomic mass is 10.2. The van der Waals surface area contributed by atoms with E-state index in [1.54, 1.807) is 0 Å². The SMILES string of the molecule is CCCCCN(c1ccc(Cl)c(CNC)n1)C(C)C. The van der Waals surface area contributed by atoms with Gasteiger partial charge in [0.05, 0.1) is 10.7 Å². The van der Waals surface area contributed by atoms with E-state index >= 15 is 0 Å². The Kier molecular flexibility index (Phi) is 7.17. The summed E-state index contributed by atoms with van der Waals surface area (Å²) in [6.07, 6.45) is 3.71. The standard InChI is InChI=1S/C15H26ClN3/c1-5-6-7-10-19(12(2)3)15-9-8-13(16)14(18-15)11-17-4/h8-9,12,17H,5-7,10-11H2,1-4H3. The first-order valence-electron chi connectivity index (χ1n) is 7.16. The van der Waals surface area contributed by atoms with Gasteiger partial charge in [0.2, 0.25) is 0 Å². The first-order valence-corrected chi connectivity index (χ1v) is 7.54. The summed E-state index contributed by atoms with van der Waals surface area (Å²) in [5, 5.41) is 3.84. The Labute approximate surface area is 122 Å². The maximum atomic E-state index is 6.17. The number of halogens is 1. The summed E-state index contributed by atoms with van der Waals surface area (Å²) in [6.45, 7) is 8.40. The van der Waals surface area contributed by atoms with Crippen LogP contribution < -0.4 is 10.2 Å². The highest BCUT2D eigenvalue weighted by atomic mass is 35.5. The summed E-state index contributed by atoms with van der Waals surface area (Å²) in [5.41, 5.74) is 0.919. The highest BCUT2D eigenvalue weighted by Crippen LogP contribution is 2.21. The van der Waals surface area contributed by atoms with Crippen molar-refractivity contribution in [2.24, 2.45) is 0 Å². The van der Waals surface area contributed by atoms with Crippen LogP contribution in [0.2, 0.25) is 5.02 Å². The van der Waals surface area contributed by atoms with Gasteiger partial charge in [0, 0.05) is 19.1 Å². The molecule has 1 aromatic heterocycles. The van der Waals surface area contributed by atoms with Crippen LogP contribution in [0.5, 0.6) is 0 Å². The van der Waals surface area contributed by atoms with Crippen molar-refractivity contribution in [1.82, 2.24) is 10.3 Å². The zero-order valence-corrected chi connectivity index (χ0v) is 13.3. The third kappa shape index (κ3) is 5.00. The summed E-state index contributed by atoms with van der Waals surface area (Å²) in [6, 6.07) is 4.42. The van der Waals surface area contributed by atoms with E-state index in [0.29, 0.717) is 12.6 Å². The lowest BCUT2D eigenvalue weighted by Gasteiger charge is -2.28. The molecule has 0 aliphatic carbocycles. The molecular formula is C15H26ClN3. The molecule has 1 rings (SSSR count). The molecule has 0 spiro atoms. The number of rotatable bonds is 8. The van der Waals surface area contributed by atoms with Gasteiger partial charge in [-0.05, 0) is 39.4 Å². The van der Waals surface area contributed by atoms with Crippen molar-refractivity contribution in [3.05, 3.63) is 22.8 Å². The van der Waals surface area contributed by atoms with E-state index in [9.17, 15) is 0 Å². The Hall–Kier alpha value is -0.800. The molecule has 3 nitrogen and oxygen atoms in total. The normalized spacial score (nSPS) is 11.1. The predicted octanol–water partition coefficient (Wildman–Crippen LogP) is 3.86. The maximum absolute atomic E-state index is 6.17. The van der Waals surface area contributed by atoms with Gasteiger partial charge in [-0.25, -0.2) is 4.98 Å². The number of nitrogens with zero attached hydrogens (tertiary/aromatic N) is 2. The van der Waals surface area contributed by atoms with Crippen molar-refractivity contribution in [1.29, 1.82) is 0 Å². The molecule has 0 saturated heterocycles. The molecule has 0 atom stereocenters. The van der Waals surface area contributed by atoms with Crippen LogP contribution >= 0.6 is 11.6 Å². The van der Waals surface area contributed by atoms with Gasteiger partial charge in [-0.1, -0.05) is 31.4 Å². The van der Waals surface area contributed by atoms with Crippen molar-refractivity contribution < 1.29 is 0 Å². The molecule has 0 aliphatic rings. The van der Waals surface area contributed by atoms with Crippen molar-refractivity contribution in [3.8, 4) is 0 Å². The van der Waals surface area contributed by atoms with Crippen molar-refractivity contribution in [3.63, 3.8) is 0 Å². The van der Waals surface area contributed by atoms with Gasteiger partial charge < -0.3 is 10.2 Å². The molecule has 4 heteroatoms. The predicted molar refractivity (Wildman–Crippen MR) is 84.0 cm³/mol. The van der Waals surface area contributed by atoms with Crippen LogP contribution in [0.15, 0.2) is 12.1 Å². The fraction of sp³-hybridized carbons (Fsp3) is 0.667. The number of unbranched alkanes of at least 4 members (excludes halogenated alkanes) is 2. The number of hydrogen-bond donors (Lipinski definition) is 1. The number of hydrogen-bond acceptors (Lipinski definition) is 3. The second-order valence-electron chi connectivity index (χ2n) is 5.12. The molecule has 0 amide bonds. The summed E-state index contributed by atoms with van der Waals surface area (Å²) in [7, 11) is 1.91. The molecule has 0 unspecified atom stereocenters. The van der Waals surface area contributed by atoms with Crippen molar-refractivity contribution in [2.75, 3.05) is 18.5 Å². The summed E-state index contributed by atoms with van der Waals surface area (Å²) >= 11 is 6.17. The minimum Gasteiger partial charge on any atom is -0.354 e. The number of anilines is 1. The van der Waals surface area contributed by atoms with Crippen LogP contribution in [0.4, 0.5) is 5.82 Å². The monoisotopic (exact) mass is 283 g/mol. The zero-order valence-electron chi connectivity index (χ0n) is 12.5. The van der Waals surface area contributed by atoms with Crippen molar-refractivity contribution in [2.45, 2.75) is 52.6 Å². The third-order valence-electron chi connectivity index (χ3n) is 3.17. The highest BCUT2D eigenvalue weighted by molar-refractivity contribution is 6.31. The van der Waals surface area contributed by atoms with Gasteiger partial charge >= 0.3 is 0 Å². The number of nitrogens with one attached hydrogen (secondary N) is 1. The van der Waals surface area contributed by atoms with Gasteiger partial charge in [-0.15, -0.1) is 0 Å². The van der Waals surface area contributed by atoms with Crippen LogP contribution in [-0.2, 0) is 6.54 Å². The topological polar surface area (TPSA) is 28.2 Å². The average molecular weight is 284 g/mol. The largest absolute Gasteiger partial charge is 0.354 e. The Morgan fingerprint density at radius 1 is 1.32 bits per heavy atom. The van der Waals surface area contributed by atoms with Gasteiger partial charge in [0.25, 0.3) is 0 Å². The zero-order chi connectivity index (χ0) is 14.3. The average Bonchev–Trinajstić information content (AvgIpc) is 2.37. The van der Waals surface area contributed by atoms with Crippen LogP contribution in [0, 0.1) is 0 Å². The first-order chi connectivity index (χ1) is 9.10. The summed E-state index contributed by atoms with van der Waals surface area (Å²) in [5.74, 6) is 1.03. The van der Waals surface area contributed by atoms with E-state index in [1.165, 1.54) is 19.3 Å². The molecule has 0 aliphatic heterocycles. The van der Waals surface area contributed by atoms with Gasteiger partial charge in [0.1, 0.15) is 5.82 Å². The first kappa shape index (κ1) is 16.3. The minimum absolute atomic E-state index is 0.452. The summed E-state index contributed by atoms with van der Waals surface area (Å²) in [4.78, 5) is 7.05. The Balaban J connectivity index is 2.86. The minimum atomic E-state index is 0.452. The smallest absolute Gasteiger partial charge is 0.129 e. The van der Waals surface area contributed by atoms with Crippen molar-refractivity contribution >= 4 is 17.4 Å². The number of pyridine rings is 1. The lowest BCUT2D eigenvalue weighted by molar-refractivity contribution is 0.618. The van der Waals surface area contributed by atoms with E-state index < -0.39 is 0 Å². The fourth-order valence-corrected chi connectivity index (χ4v) is 2.27. The van der Waals surface area contributed by atoms with Gasteiger partial charge in [-0.3, -0.25) is 0 Å². The second kappa shape index (κ2) is 8.39. The van der Waals surface area contributed by atoms with Crippen LogP contribution in [0.25, 0.3) is 0 Å². The summed E-state index contributed by atoms with van der Waals surface area (Å²) < 4.78 is 0. The molecule has 1 heterocycles. The Morgan fingerprint density at radius 2 is 2.05 bits per heavy atom. The van der Waals surface area contributed by atoms with E-state index in [0.717, 1.165) is 23.1 Å². The molecular weight excluding hydrogens is 258 g/mol. The van der Waals surface area contributed by atoms with Crippen LogP contribution in [0.3, 0.4) is 0 Å². The Morgan fingerprint density at radius 3 is 2.63 bits per heavy atom. The maximum Gasteiger partial charge on any atom is 0.129 e. The molecule has 0 saturated carbocycles. The molecule has 108 valence electrons. The molecule has 1 aromatic rings. The molecule has 0 aromatic carbocycles. The molecule has 19 heavy (non-hydrogen) atoms. The van der Waals surface area contributed by atoms with E-state index in [4.69, 9.17) is 16.6 Å². The van der Waals surface area contributed by atoms with Gasteiger partial charge in [-0.2, -0.15) is 0 Å². The Bertz CT molecular complexity index is 380. The lowest BCUT2D eigenvalue weighted by Crippen LogP contribution is -2.32. The molecule has 0 fully saturated rings. The van der Waals surface area contributed by atoms with E-state index in [2.05, 4.69) is 31.0 Å². The highest BCUT2D eigenvalue weighted by Gasteiger charge is 2.13. The molecule has 0 bridgehead atoms.